The third-order valence-electron chi connectivity index (χ3n) is 7.28. The molecule has 2 aliphatic heterocycles. The average molecular weight is 559 g/mol. The van der Waals surface area contributed by atoms with E-state index >= 15 is 0 Å². The van der Waals surface area contributed by atoms with Crippen molar-refractivity contribution in [1.82, 2.24) is 30.4 Å². The first kappa shape index (κ1) is 28.8. The molecule has 3 heterocycles. The zero-order chi connectivity index (χ0) is 27.8. The summed E-state index contributed by atoms with van der Waals surface area (Å²) >= 11 is 5.91. The van der Waals surface area contributed by atoms with Crippen molar-refractivity contribution in [3.8, 4) is 5.75 Å². The van der Waals surface area contributed by atoms with Gasteiger partial charge in [-0.3, -0.25) is 9.59 Å². The summed E-state index contributed by atoms with van der Waals surface area (Å²) in [6.45, 7) is 4.73. The first-order valence-electron chi connectivity index (χ1n) is 13.6. The van der Waals surface area contributed by atoms with Gasteiger partial charge in [0.1, 0.15) is 5.75 Å². The third-order valence-corrected chi connectivity index (χ3v) is 7.56. The van der Waals surface area contributed by atoms with E-state index in [0.717, 1.165) is 71.2 Å². The number of nitrogens with zero attached hydrogens (tertiary/aromatic N) is 4. The predicted molar refractivity (Wildman–Crippen MR) is 152 cm³/mol. The molecule has 0 spiro atoms. The molecule has 212 valence electrons. The Kier molecular flexibility index (Phi) is 10.2. The Balaban J connectivity index is 1.15. The number of anilines is 2. The van der Waals surface area contributed by atoms with E-state index in [0.29, 0.717) is 5.75 Å². The summed E-state index contributed by atoms with van der Waals surface area (Å²) in [6, 6.07) is 8.17. The molecule has 11 nitrogen and oxygen atoms in total. The predicted octanol–water partition coefficient (Wildman–Crippen LogP) is 1.71. The molecular weight excluding hydrogens is 520 g/mol. The van der Waals surface area contributed by atoms with Crippen LogP contribution in [0.15, 0.2) is 24.3 Å². The van der Waals surface area contributed by atoms with E-state index in [1.165, 1.54) is 5.56 Å². The van der Waals surface area contributed by atoms with E-state index < -0.39 is 5.91 Å². The van der Waals surface area contributed by atoms with Gasteiger partial charge < -0.3 is 36.6 Å². The van der Waals surface area contributed by atoms with E-state index in [1.54, 1.807) is 0 Å². The van der Waals surface area contributed by atoms with Gasteiger partial charge in [0, 0.05) is 18.6 Å². The Bertz CT molecular complexity index is 1120. The van der Waals surface area contributed by atoms with Gasteiger partial charge in [-0.25, -0.2) is 9.97 Å². The molecule has 1 aromatic carbocycles. The first-order chi connectivity index (χ1) is 18.8. The molecule has 2 saturated heterocycles. The summed E-state index contributed by atoms with van der Waals surface area (Å²) in [6.07, 6.45) is 5.76. The number of rotatable bonds is 10. The highest BCUT2D eigenvalue weighted by molar-refractivity contribution is 6.31. The van der Waals surface area contributed by atoms with Crippen molar-refractivity contribution in [3.63, 3.8) is 0 Å². The van der Waals surface area contributed by atoms with Crippen molar-refractivity contribution in [2.75, 3.05) is 57.8 Å². The number of aromatic nitrogens is 2. The fraction of sp³-hybridized carbons (Fsp3) is 0.556. The van der Waals surface area contributed by atoms with Crippen LogP contribution in [0.25, 0.3) is 0 Å². The van der Waals surface area contributed by atoms with Crippen molar-refractivity contribution in [1.29, 1.82) is 0 Å². The van der Waals surface area contributed by atoms with Gasteiger partial charge in [-0.2, -0.15) is 0 Å². The van der Waals surface area contributed by atoms with E-state index in [-0.39, 0.29) is 47.1 Å². The molecule has 2 aromatic rings. The van der Waals surface area contributed by atoms with Crippen LogP contribution in [0.1, 0.15) is 48.2 Å². The number of likely N-dealkylation sites (tertiary alicyclic amines) is 2. The van der Waals surface area contributed by atoms with Gasteiger partial charge in [0.05, 0.1) is 0 Å². The highest BCUT2D eigenvalue weighted by Gasteiger charge is 2.24. The van der Waals surface area contributed by atoms with E-state index in [9.17, 15) is 9.59 Å². The average Bonchev–Trinajstić information content (AvgIpc) is 2.92. The zero-order valence-corrected chi connectivity index (χ0v) is 23.3. The Morgan fingerprint density at radius 2 is 1.77 bits per heavy atom. The van der Waals surface area contributed by atoms with Crippen LogP contribution in [0, 0.1) is 0 Å². The molecule has 0 bridgehead atoms. The first-order valence-corrected chi connectivity index (χ1v) is 14.0. The smallest absolute Gasteiger partial charge is 0.274 e. The van der Waals surface area contributed by atoms with Gasteiger partial charge in [-0.15, -0.1) is 0 Å². The standard InChI is InChI=1S/C27H39ClN8O3/c1-35-14-10-19(11-15-35)31-22(37)17-39-21-8-6-18(7-9-21)4-2-12-36-13-3-5-20(16-36)32-27(38)23-25(29)34-26(30)24(28)33-23/h6-9,19-20H,2-5,10-17H2,1H3,(H,31,37)(H,32,38)(H4,29,30,34). The number of hydrogen-bond acceptors (Lipinski definition) is 9. The van der Waals surface area contributed by atoms with Gasteiger partial charge in [0.2, 0.25) is 0 Å². The Morgan fingerprint density at radius 1 is 1.03 bits per heavy atom. The van der Waals surface area contributed by atoms with Crippen molar-refractivity contribution < 1.29 is 14.3 Å². The number of ether oxygens (including phenoxy) is 1. The molecule has 0 radical (unpaired) electrons. The second kappa shape index (κ2) is 13.8. The van der Waals surface area contributed by atoms with Gasteiger partial charge in [0.15, 0.2) is 29.1 Å². The van der Waals surface area contributed by atoms with Gasteiger partial charge in [-0.05, 0) is 89.4 Å². The number of nitrogen functional groups attached to an aromatic ring is 2. The van der Waals surface area contributed by atoms with Crippen LogP contribution in [0.4, 0.5) is 11.6 Å². The second-order valence-electron chi connectivity index (χ2n) is 10.4. The third kappa shape index (κ3) is 8.67. The molecule has 2 fully saturated rings. The molecule has 6 N–H and O–H groups in total. The van der Waals surface area contributed by atoms with Crippen LogP contribution in [0.2, 0.25) is 5.15 Å². The lowest BCUT2D eigenvalue weighted by Gasteiger charge is -2.33. The highest BCUT2D eigenvalue weighted by atomic mass is 35.5. The quantitative estimate of drug-likeness (QED) is 0.341. The summed E-state index contributed by atoms with van der Waals surface area (Å²) in [5, 5.41) is 6.04. The molecular formula is C27H39ClN8O3. The van der Waals surface area contributed by atoms with Crippen LogP contribution < -0.4 is 26.8 Å². The number of nitrogens with one attached hydrogen (secondary N) is 2. The molecule has 4 rings (SSSR count). The molecule has 0 aliphatic carbocycles. The lowest BCUT2D eigenvalue weighted by atomic mass is 10.0. The minimum absolute atomic E-state index is 0.00229. The maximum absolute atomic E-state index is 12.7. The highest BCUT2D eigenvalue weighted by Crippen LogP contribution is 2.19. The molecule has 39 heavy (non-hydrogen) atoms. The molecule has 1 aromatic heterocycles. The summed E-state index contributed by atoms with van der Waals surface area (Å²) in [4.78, 5) is 37.4. The number of aryl methyl sites for hydroxylation is 1. The van der Waals surface area contributed by atoms with E-state index in [1.807, 2.05) is 24.3 Å². The Hall–Kier alpha value is -3.15. The Morgan fingerprint density at radius 3 is 2.51 bits per heavy atom. The number of benzene rings is 1. The van der Waals surface area contributed by atoms with E-state index in [4.69, 9.17) is 27.8 Å². The summed E-state index contributed by atoms with van der Waals surface area (Å²) in [5.74, 6) is 0.199. The van der Waals surface area contributed by atoms with Crippen LogP contribution in [0.5, 0.6) is 5.75 Å². The number of nitrogens with two attached hydrogens (primary N) is 2. The van der Waals surface area contributed by atoms with Crippen molar-refractivity contribution in [3.05, 3.63) is 40.7 Å². The summed E-state index contributed by atoms with van der Waals surface area (Å²) in [5.41, 5.74) is 12.6. The molecule has 0 saturated carbocycles. The molecule has 2 amide bonds. The number of carbonyl (C=O) groups is 2. The van der Waals surface area contributed by atoms with E-state index in [2.05, 4.69) is 37.4 Å². The number of piperidine rings is 2. The summed E-state index contributed by atoms with van der Waals surface area (Å²) < 4.78 is 5.69. The lowest BCUT2D eigenvalue weighted by molar-refractivity contribution is -0.124. The van der Waals surface area contributed by atoms with Crippen LogP contribution >= 0.6 is 11.6 Å². The van der Waals surface area contributed by atoms with Crippen molar-refractivity contribution in [2.45, 2.75) is 50.6 Å². The summed E-state index contributed by atoms with van der Waals surface area (Å²) in [7, 11) is 2.10. The Labute approximate surface area is 234 Å². The molecule has 12 heteroatoms. The number of carbonyl (C=O) groups excluding carboxylic acids is 2. The molecule has 2 aliphatic rings. The van der Waals surface area contributed by atoms with Gasteiger partial charge in [-0.1, -0.05) is 23.7 Å². The molecule has 1 unspecified atom stereocenters. The van der Waals surface area contributed by atoms with Crippen LogP contribution in [-0.4, -0.2) is 90.0 Å². The minimum Gasteiger partial charge on any atom is -0.484 e. The monoisotopic (exact) mass is 558 g/mol. The maximum Gasteiger partial charge on any atom is 0.274 e. The normalized spacial score (nSPS) is 19.0. The lowest BCUT2D eigenvalue weighted by Crippen LogP contribution is -2.48. The fourth-order valence-electron chi connectivity index (χ4n) is 5.07. The van der Waals surface area contributed by atoms with Crippen molar-refractivity contribution >= 4 is 35.1 Å². The minimum atomic E-state index is -0.393. The SMILES string of the molecule is CN1CCC(NC(=O)COc2ccc(CCCN3CCCC(NC(=O)c4nc(Cl)c(N)nc4N)C3)cc2)CC1. The van der Waals surface area contributed by atoms with Crippen LogP contribution in [0.3, 0.4) is 0 Å². The maximum atomic E-state index is 12.7. The number of hydrogen-bond donors (Lipinski definition) is 4. The van der Waals surface area contributed by atoms with Gasteiger partial charge >= 0.3 is 0 Å². The second-order valence-corrected chi connectivity index (χ2v) is 10.8. The topological polar surface area (TPSA) is 152 Å². The molecule has 1 atom stereocenters. The fourth-order valence-corrected chi connectivity index (χ4v) is 5.20. The van der Waals surface area contributed by atoms with Gasteiger partial charge in [0.25, 0.3) is 11.8 Å². The number of amides is 2. The number of halogens is 1. The largest absolute Gasteiger partial charge is 0.484 e. The van der Waals surface area contributed by atoms with Crippen LogP contribution in [-0.2, 0) is 11.2 Å². The van der Waals surface area contributed by atoms with Crippen molar-refractivity contribution in [2.24, 2.45) is 0 Å². The zero-order valence-electron chi connectivity index (χ0n) is 22.5.